The third-order valence-corrected chi connectivity index (χ3v) is 2.84. The molecule has 0 aliphatic carbocycles. The molecule has 2 fully saturated rings. The molecule has 0 radical (unpaired) electrons. The molecular weight excluding hydrogens is 136 g/mol. The van der Waals surface area contributed by atoms with Crippen LogP contribution in [0.15, 0.2) is 0 Å². The lowest BCUT2D eigenvalue weighted by Crippen LogP contribution is -2.57. The standard InChI is InChI=1S/C9H17N2/c1-10-7-9(8-10)11-5-3-2-4-6-11/h9H,1-8H2/q-1. The predicted molar refractivity (Wildman–Crippen MR) is 46.1 cm³/mol. The van der Waals surface area contributed by atoms with E-state index in [4.69, 9.17) is 0 Å². The fraction of sp³-hybridized carbons (Fsp3) is 0.889. The molecule has 2 aliphatic rings. The van der Waals surface area contributed by atoms with Crippen molar-refractivity contribution in [2.75, 3.05) is 26.2 Å². The van der Waals surface area contributed by atoms with Gasteiger partial charge in [-0.05, 0) is 39.0 Å². The molecule has 2 aliphatic heterocycles. The Bertz CT molecular complexity index is 124. The van der Waals surface area contributed by atoms with E-state index in [0.29, 0.717) is 0 Å². The molecule has 0 aromatic carbocycles. The van der Waals surface area contributed by atoms with E-state index in [1.54, 1.807) is 0 Å². The van der Waals surface area contributed by atoms with Crippen LogP contribution in [0.4, 0.5) is 0 Å². The van der Waals surface area contributed by atoms with Crippen molar-refractivity contribution in [3.8, 4) is 0 Å². The van der Waals surface area contributed by atoms with E-state index in [2.05, 4.69) is 16.8 Å². The molecular formula is C9H17N2-. The second-order valence-corrected chi connectivity index (χ2v) is 3.79. The Balaban J connectivity index is 1.76. The Hall–Kier alpha value is -0.0800. The van der Waals surface area contributed by atoms with Crippen LogP contribution < -0.4 is 0 Å². The van der Waals surface area contributed by atoms with Crippen LogP contribution in [0.2, 0.25) is 0 Å². The molecule has 2 nitrogen and oxygen atoms in total. The van der Waals surface area contributed by atoms with Crippen molar-refractivity contribution in [3.05, 3.63) is 7.05 Å². The summed E-state index contributed by atoms with van der Waals surface area (Å²) in [4.78, 5) is 4.78. The molecule has 0 spiro atoms. The minimum Gasteiger partial charge on any atom is -0.457 e. The normalized spacial score (nSPS) is 30.3. The van der Waals surface area contributed by atoms with Gasteiger partial charge in [0.1, 0.15) is 0 Å². The van der Waals surface area contributed by atoms with Crippen molar-refractivity contribution in [1.82, 2.24) is 9.80 Å². The van der Waals surface area contributed by atoms with Crippen molar-refractivity contribution in [3.63, 3.8) is 0 Å². The fourth-order valence-corrected chi connectivity index (χ4v) is 2.06. The first-order valence-electron chi connectivity index (χ1n) is 4.66. The molecule has 2 heterocycles. The van der Waals surface area contributed by atoms with Crippen LogP contribution in [-0.2, 0) is 0 Å². The lowest BCUT2D eigenvalue weighted by atomic mass is 10.0. The van der Waals surface area contributed by atoms with Gasteiger partial charge in [0.2, 0.25) is 0 Å². The SMILES string of the molecule is [CH2-]N1CC(N2CCCCC2)C1. The van der Waals surface area contributed by atoms with Crippen LogP contribution in [0.3, 0.4) is 0 Å². The molecule has 0 aromatic heterocycles. The summed E-state index contributed by atoms with van der Waals surface area (Å²) in [6, 6.07) is 0.841. The summed E-state index contributed by atoms with van der Waals surface area (Å²) in [7, 11) is 3.90. The van der Waals surface area contributed by atoms with Crippen molar-refractivity contribution in [2.45, 2.75) is 25.3 Å². The number of nitrogens with zero attached hydrogens (tertiary/aromatic N) is 2. The van der Waals surface area contributed by atoms with E-state index in [1.165, 1.54) is 45.4 Å². The number of piperidine rings is 1. The molecule has 0 saturated carbocycles. The first kappa shape index (κ1) is 7.56. The molecule has 64 valence electrons. The van der Waals surface area contributed by atoms with Crippen LogP contribution in [0.1, 0.15) is 19.3 Å². The van der Waals surface area contributed by atoms with Gasteiger partial charge in [0.15, 0.2) is 0 Å². The van der Waals surface area contributed by atoms with Gasteiger partial charge in [-0.2, -0.15) is 0 Å². The van der Waals surface area contributed by atoms with Crippen molar-refractivity contribution in [1.29, 1.82) is 0 Å². The summed E-state index contributed by atoms with van der Waals surface area (Å²) in [5, 5.41) is 0. The van der Waals surface area contributed by atoms with Gasteiger partial charge in [0.05, 0.1) is 0 Å². The lowest BCUT2D eigenvalue weighted by molar-refractivity contribution is 0.0507. The van der Waals surface area contributed by atoms with Crippen LogP contribution in [0.5, 0.6) is 0 Å². The van der Waals surface area contributed by atoms with E-state index >= 15 is 0 Å². The van der Waals surface area contributed by atoms with E-state index < -0.39 is 0 Å². The maximum absolute atomic E-state index is 3.90. The molecule has 0 aromatic rings. The van der Waals surface area contributed by atoms with Gasteiger partial charge in [-0.15, -0.1) is 0 Å². The summed E-state index contributed by atoms with van der Waals surface area (Å²) < 4.78 is 0. The van der Waals surface area contributed by atoms with Crippen molar-refractivity contribution >= 4 is 0 Å². The van der Waals surface area contributed by atoms with Crippen molar-refractivity contribution < 1.29 is 0 Å². The highest BCUT2D eigenvalue weighted by Crippen LogP contribution is 2.18. The highest BCUT2D eigenvalue weighted by Gasteiger charge is 2.26. The van der Waals surface area contributed by atoms with Crippen LogP contribution >= 0.6 is 0 Å². The van der Waals surface area contributed by atoms with Gasteiger partial charge in [-0.25, -0.2) is 0 Å². The summed E-state index contributed by atoms with van der Waals surface area (Å²) >= 11 is 0. The predicted octanol–water partition coefficient (Wildman–Crippen LogP) is 0.948. The second kappa shape index (κ2) is 3.11. The smallest absolute Gasteiger partial charge is 0.0302 e. The highest BCUT2D eigenvalue weighted by molar-refractivity contribution is 4.88. The topological polar surface area (TPSA) is 6.48 Å². The molecule has 11 heavy (non-hydrogen) atoms. The molecule has 2 rings (SSSR count). The third kappa shape index (κ3) is 1.57. The zero-order valence-corrected chi connectivity index (χ0v) is 7.13. The molecule has 0 unspecified atom stereocenters. The maximum atomic E-state index is 3.90. The molecule has 0 N–H and O–H groups in total. The average Bonchev–Trinajstić information content (AvgIpc) is 2.01. The van der Waals surface area contributed by atoms with Gasteiger partial charge in [0, 0.05) is 6.04 Å². The number of likely N-dealkylation sites (tertiary alicyclic amines) is 2. The zero-order chi connectivity index (χ0) is 7.68. The van der Waals surface area contributed by atoms with Gasteiger partial charge < -0.3 is 4.90 Å². The Morgan fingerprint density at radius 3 is 2.18 bits per heavy atom. The number of rotatable bonds is 1. The fourth-order valence-electron chi connectivity index (χ4n) is 2.06. The lowest BCUT2D eigenvalue weighted by Gasteiger charge is -2.49. The molecule has 0 bridgehead atoms. The summed E-state index contributed by atoms with van der Waals surface area (Å²) in [6.07, 6.45) is 4.26. The van der Waals surface area contributed by atoms with Crippen LogP contribution in [0.25, 0.3) is 0 Å². The van der Waals surface area contributed by atoms with Gasteiger partial charge in [-0.1, -0.05) is 6.42 Å². The molecule has 0 amide bonds. The van der Waals surface area contributed by atoms with E-state index in [0.717, 1.165) is 6.04 Å². The Morgan fingerprint density at radius 1 is 1.00 bits per heavy atom. The summed E-state index contributed by atoms with van der Waals surface area (Å²) in [5.41, 5.74) is 0. The van der Waals surface area contributed by atoms with Crippen LogP contribution in [-0.4, -0.2) is 42.0 Å². The minimum absolute atomic E-state index is 0.841. The Labute approximate surface area is 69.2 Å². The first-order valence-corrected chi connectivity index (χ1v) is 4.66. The Morgan fingerprint density at radius 2 is 1.64 bits per heavy atom. The van der Waals surface area contributed by atoms with Gasteiger partial charge in [0.25, 0.3) is 0 Å². The largest absolute Gasteiger partial charge is 0.457 e. The molecule has 0 atom stereocenters. The van der Waals surface area contributed by atoms with E-state index in [1.807, 2.05) is 0 Å². The minimum atomic E-state index is 0.841. The zero-order valence-electron chi connectivity index (χ0n) is 7.13. The maximum Gasteiger partial charge on any atom is 0.0302 e. The van der Waals surface area contributed by atoms with E-state index in [-0.39, 0.29) is 0 Å². The first-order chi connectivity index (χ1) is 5.36. The van der Waals surface area contributed by atoms with Gasteiger partial charge >= 0.3 is 0 Å². The second-order valence-electron chi connectivity index (χ2n) is 3.79. The third-order valence-electron chi connectivity index (χ3n) is 2.84. The number of hydrogen-bond donors (Lipinski definition) is 0. The highest BCUT2D eigenvalue weighted by atomic mass is 15.3. The average molecular weight is 153 g/mol. The molecule has 2 saturated heterocycles. The summed E-state index contributed by atoms with van der Waals surface area (Å²) in [6.45, 7) is 5.05. The Kier molecular flexibility index (Phi) is 2.14. The van der Waals surface area contributed by atoms with Gasteiger partial charge in [-0.3, -0.25) is 11.9 Å². The molecule has 2 heteroatoms. The van der Waals surface area contributed by atoms with E-state index in [9.17, 15) is 0 Å². The quantitative estimate of drug-likeness (QED) is 0.517. The number of hydrogen-bond acceptors (Lipinski definition) is 2. The van der Waals surface area contributed by atoms with Crippen molar-refractivity contribution in [2.24, 2.45) is 0 Å². The summed E-state index contributed by atoms with van der Waals surface area (Å²) in [5.74, 6) is 0. The van der Waals surface area contributed by atoms with Crippen LogP contribution in [0, 0.1) is 7.05 Å². The monoisotopic (exact) mass is 153 g/mol.